The Bertz CT molecular complexity index is 755. The Kier molecular flexibility index (Phi) is 6.08. The van der Waals surface area contributed by atoms with Gasteiger partial charge in [0.1, 0.15) is 0 Å². The molecule has 0 radical (unpaired) electrons. The summed E-state index contributed by atoms with van der Waals surface area (Å²) in [6.45, 7) is 2.67. The van der Waals surface area contributed by atoms with Gasteiger partial charge in [-0.25, -0.2) is 14.8 Å². The van der Waals surface area contributed by atoms with E-state index >= 15 is 0 Å². The number of carbonyl (C=O) groups is 1. The van der Waals surface area contributed by atoms with Crippen LogP contribution in [0.2, 0.25) is 0 Å². The summed E-state index contributed by atoms with van der Waals surface area (Å²) in [5.41, 5.74) is 1.23. The van der Waals surface area contributed by atoms with Crippen molar-refractivity contribution in [3.05, 3.63) is 36.2 Å². The number of nitrogens with zero attached hydrogens (tertiary/aromatic N) is 4. The van der Waals surface area contributed by atoms with Crippen molar-refractivity contribution >= 4 is 11.9 Å². The molecule has 2 aromatic heterocycles. The molecular formula is C18H23N5O3. The maximum atomic E-state index is 11.1. The summed E-state index contributed by atoms with van der Waals surface area (Å²) in [7, 11) is 0. The van der Waals surface area contributed by atoms with Gasteiger partial charge in [-0.1, -0.05) is 6.42 Å². The maximum Gasteiger partial charge on any atom is 0.335 e. The van der Waals surface area contributed by atoms with Crippen molar-refractivity contribution in [3.63, 3.8) is 0 Å². The van der Waals surface area contributed by atoms with Gasteiger partial charge >= 0.3 is 5.97 Å². The summed E-state index contributed by atoms with van der Waals surface area (Å²) < 4.78 is 0. The highest BCUT2D eigenvalue weighted by Crippen LogP contribution is 2.17. The number of aliphatic hydroxyl groups excluding tert-OH is 1. The lowest BCUT2D eigenvalue weighted by molar-refractivity contribution is 0.0697. The molecule has 3 heterocycles. The van der Waals surface area contributed by atoms with E-state index in [-0.39, 0.29) is 18.2 Å². The number of hydrogen-bond acceptors (Lipinski definition) is 7. The molecule has 0 aromatic carbocycles. The number of rotatable bonds is 7. The number of likely N-dealkylation sites (tertiary alicyclic amines) is 1. The first-order valence-corrected chi connectivity index (χ1v) is 8.79. The second kappa shape index (κ2) is 8.68. The third kappa shape index (κ3) is 4.53. The molecule has 3 rings (SSSR count). The summed E-state index contributed by atoms with van der Waals surface area (Å²) in [5, 5.41) is 21.8. The largest absolute Gasteiger partial charge is 0.478 e. The number of aliphatic hydroxyl groups is 1. The Hall–Kier alpha value is -2.58. The molecule has 0 bridgehead atoms. The monoisotopic (exact) mass is 357 g/mol. The summed E-state index contributed by atoms with van der Waals surface area (Å²) in [6, 6.07) is 4.88. The predicted octanol–water partition coefficient (Wildman–Crippen LogP) is 1.50. The van der Waals surface area contributed by atoms with Crippen LogP contribution < -0.4 is 5.32 Å². The number of aromatic carboxylic acids is 1. The zero-order valence-corrected chi connectivity index (χ0v) is 14.5. The highest BCUT2D eigenvalue weighted by atomic mass is 16.4. The van der Waals surface area contributed by atoms with Gasteiger partial charge in [-0.2, -0.15) is 0 Å². The molecule has 0 aliphatic carbocycles. The fourth-order valence-electron chi connectivity index (χ4n) is 3.16. The molecule has 1 fully saturated rings. The molecule has 26 heavy (non-hydrogen) atoms. The van der Waals surface area contributed by atoms with E-state index in [0.717, 1.165) is 25.9 Å². The van der Waals surface area contributed by atoms with Gasteiger partial charge < -0.3 is 15.5 Å². The number of carboxylic acid groups (broad SMARTS) is 1. The third-order valence-electron chi connectivity index (χ3n) is 4.57. The van der Waals surface area contributed by atoms with E-state index < -0.39 is 5.97 Å². The maximum absolute atomic E-state index is 11.1. The van der Waals surface area contributed by atoms with Crippen molar-refractivity contribution < 1.29 is 15.0 Å². The van der Waals surface area contributed by atoms with Gasteiger partial charge in [-0.05, 0) is 37.6 Å². The number of carboxylic acids is 1. The molecule has 1 unspecified atom stereocenters. The second-order valence-electron chi connectivity index (χ2n) is 6.30. The fourth-order valence-corrected chi connectivity index (χ4v) is 3.16. The number of piperidine rings is 1. The highest BCUT2D eigenvalue weighted by Gasteiger charge is 2.20. The van der Waals surface area contributed by atoms with E-state index in [9.17, 15) is 9.90 Å². The Morgan fingerprint density at radius 2 is 2.08 bits per heavy atom. The molecule has 1 aliphatic heterocycles. The molecular weight excluding hydrogens is 334 g/mol. The zero-order chi connectivity index (χ0) is 18.4. The quantitative estimate of drug-likeness (QED) is 0.683. The number of anilines is 1. The Morgan fingerprint density at radius 3 is 2.88 bits per heavy atom. The van der Waals surface area contributed by atoms with Crippen molar-refractivity contribution in [2.24, 2.45) is 0 Å². The molecule has 2 aromatic rings. The van der Waals surface area contributed by atoms with E-state index in [0.29, 0.717) is 23.9 Å². The minimum atomic E-state index is -0.999. The van der Waals surface area contributed by atoms with E-state index in [1.807, 2.05) is 0 Å². The normalized spacial score (nSPS) is 17.8. The van der Waals surface area contributed by atoms with Crippen molar-refractivity contribution in [2.75, 3.05) is 31.6 Å². The summed E-state index contributed by atoms with van der Waals surface area (Å²) in [6.07, 6.45) is 6.45. The van der Waals surface area contributed by atoms with E-state index in [1.54, 1.807) is 12.3 Å². The predicted molar refractivity (Wildman–Crippen MR) is 97.0 cm³/mol. The molecule has 0 amide bonds. The van der Waals surface area contributed by atoms with Gasteiger partial charge in [0, 0.05) is 31.5 Å². The number of pyridine rings is 1. The standard InChI is InChI=1S/C18H23N5O3/c24-12-14-3-1-2-9-23(14)10-8-21-18-20-7-5-15(22-18)16-11-13(17(25)26)4-6-19-16/h4-7,11,14,24H,1-3,8-10,12H2,(H,25,26)(H,20,21,22). The van der Waals surface area contributed by atoms with Crippen LogP contribution in [-0.2, 0) is 0 Å². The summed E-state index contributed by atoms with van der Waals surface area (Å²) in [4.78, 5) is 26.2. The van der Waals surface area contributed by atoms with Crippen LogP contribution in [0.3, 0.4) is 0 Å². The van der Waals surface area contributed by atoms with Gasteiger partial charge in [0.25, 0.3) is 0 Å². The van der Waals surface area contributed by atoms with Gasteiger partial charge in [-0.15, -0.1) is 0 Å². The van der Waals surface area contributed by atoms with Gasteiger partial charge in [0.05, 0.1) is 23.6 Å². The first-order chi connectivity index (χ1) is 12.7. The molecule has 8 heteroatoms. The van der Waals surface area contributed by atoms with Crippen LogP contribution in [0.5, 0.6) is 0 Å². The average Bonchev–Trinajstić information content (AvgIpc) is 2.68. The topological polar surface area (TPSA) is 111 Å². The second-order valence-corrected chi connectivity index (χ2v) is 6.30. The molecule has 1 atom stereocenters. The van der Waals surface area contributed by atoms with Gasteiger partial charge in [0.15, 0.2) is 0 Å². The van der Waals surface area contributed by atoms with Gasteiger partial charge in [-0.3, -0.25) is 9.88 Å². The SMILES string of the molecule is O=C(O)c1ccnc(-c2ccnc(NCCN3CCCCC3CO)n2)c1. The summed E-state index contributed by atoms with van der Waals surface area (Å²) >= 11 is 0. The average molecular weight is 357 g/mol. The van der Waals surface area contributed by atoms with Crippen LogP contribution in [-0.4, -0.2) is 68.3 Å². The Morgan fingerprint density at radius 1 is 1.23 bits per heavy atom. The Balaban J connectivity index is 1.62. The van der Waals surface area contributed by atoms with Crippen LogP contribution in [0.25, 0.3) is 11.4 Å². The first kappa shape index (κ1) is 18.2. The molecule has 0 spiro atoms. The molecule has 0 saturated carbocycles. The fraction of sp³-hybridized carbons (Fsp3) is 0.444. The Labute approximate surface area is 151 Å². The zero-order valence-electron chi connectivity index (χ0n) is 14.5. The van der Waals surface area contributed by atoms with Crippen molar-refractivity contribution in [2.45, 2.75) is 25.3 Å². The molecule has 138 valence electrons. The lowest BCUT2D eigenvalue weighted by Gasteiger charge is -2.34. The van der Waals surface area contributed by atoms with Crippen molar-refractivity contribution in [1.82, 2.24) is 19.9 Å². The highest BCUT2D eigenvalue weighted by molar-refractivity contribution is 5.88. The number of nitrogens with one attached hydrogen (secondary N) is 1. The van der Waals surface area contributed by atoms with E-state index in [4.69, 9.17) is 5.11 Å². The summed E-state index contributed by atoms with van der Waals surface area (Å²) in [5.74, 6) is -0.524. The van der Waals surface area contributed by atoms with Gasteiger partial charge in [0.2, 0.25) is 5.95 Å². The van der Waals surface area contributed by atoms with Crippen molar-refractivity contribution in [1.29, 1.82) is 0 Å². The lowest BCUT2D eigenvalue weighted by Crippen LogP contribution is -2.44. The number of aromatic nitrogens is 3. The third-order valence-corrected chi connectivity index (χ3v) is 4.57. The van der Waals surface area contributed by atoms with Crippen LogP contribution in [0.1, 0.15) is 29.6 Å². The van der Waals surface area contributed by atoms with Crippen LogP contribution in [0.4, 0.5) is 5.95 Å². The minimum Gasteiger partial charge on any atom is -0.478 e. The van der Waals surface area contributed by atoms with E-state index in [2.05, 4.69) is 25.2 Å². The molecule has 1 saturated heterocycles. The molecule has 3 N–H and O–H groups in total. The lowest BCUT2D eigenvalue weighted by atomic mass is 10.0. The van der Waals surface area contributed by atoms with Crippen LogP contribution in [0.15, 0.2) is 30.6 Å². The van der Waals surface area contributed by atoms with E-state index in [1.165, 1.54) is 24.8 Å². The molecule has 1 aliphatic rings. The number of hydrogen-bond donors (Lipinski definition) is 3. The van der Waals surface area contributed by atoms with Crippen LogP contribution in [0, 0.1) is 0 Å². The van der Waals surface area contributed by atoms with Crippen LogP contribution >= 0.6 is 0 Å². The van der Waals surface area contributed by atoms with Crippen molar-refractivity contribution in [3.8, 4) is 11.4 Å². The molecule has 8 nitrogen and oxygen atoms in total. The first-order valence-electron chi connectivity index (χ1n) is 8.79. The minimum absolute atomic E-state index is 0.170. The smallest absolute Gasteiger partial charge is 0.335 e.